The van der Waals surface area contributed by atoms with Crippen molar-refractivity contribution >= 4 is 0 Å². The monoisotopic (exact) mass is 199 g/mol. The van der Waals surface area contributed by atoms with Crippen LogP contribution in [0.5, 0.6) is 0 Å². The summed E-state index contributed by atoms with van der Waals surface area (Å²) < 4.78 is 2.34. The van der Waals surface area contributed by atoms with E-state index >= 15 is 0 Å². The molecular formula is C11H18ClN. The maximum absolute atomic E-state index is 2.34. The van der Waals surface area contributed by atoms with Gasteiger partial charge in [0.15, 0.2) is 18.4 Å². The van der Waals surface area contributed by atoms with Gasteiger partial charge in [0.25, 0.3) is 0 Å². The Morgan fingerprint density at radius 3 is 2.54 bits per heavy atom. The number of pyridine rings is 1. The largest absolute Gasteiger partial charge is 1.00 e. The van der Waals surface area contributed by atoms with Crippen LogP contribution in [-0.2, 0) is 13.0 Å². The van der Waals surface area contributed by atoms with Crippen molar-refractivity contribution in [3.63, 3.8) is 0 Å². The van der Waals surface area contributed by atoms with Gasteiger partial charge < -0.3 is 12.4 Å². The molecule has 0 saturated carbocycles. The average Bonchev–Trinajstić information content (AvgIpc) is 2.04. The van der Waals surface area contributed by atoms with Crippen LogP contribution in [0.3, 0.4) is 0 Å². The summed E-state index contributed by atoms with van der Waals surface area (Å²) in [6.45, 7) is 7.83. The Bertz CT molecular complexity index is 246. The van der Waals surface area contributed by atoms with E-state index in [0.717, 1.165) is 18.9 Å². The first kappa shape index (κ1) is 12.4. The van der Waals surface area contributed by atoms with Gasteiger partial charge in [0.05, 0.1) is 0 Å². The number of hydrogen-bond donors (Lipinski definition) is 0. The molecule has 0 saturated heterocycles. The van der Waals surface area contributed by atoms with Gasteiger partial charge in [0, 0.05) is 24.5 Å². The average molecular weight is 200 g/mol. The molecule has 1 nitrogen and oxygen atoms in total. The molecule has 0 aliphatic heterocycles. The minimum Gasteiger partial charge on any atom is -1.00 e. The molecule has 2 heteroatoms. The molecule has 1 aromatic heterocycles. The van der Waals surface area contributed by atoms with Gasteiger partial charge in [0.2, 0.25) is 0 Å². The van der Waals surface area contributed by atoms with Gasteiger partial charge in [0.1, 0.15) is 0 Å². The van der Waals surface area contributed by atoms with E-state index in [2.05, 4.69) is 49.7 Å². The second-order valence-corrected chi connectivity index (χ2v) is 3.59. The van der Waals surface area contributed by atoms with E-state index in [1.807, 2.05) is 0 Å². The van der Waals surface area contributed by atoms with Crippen molar-refractivity contribution in [3.05, 3.63) is 30.1 Å². The second-order valence-electron chi connectivity index (χ2n) is 3.59. The molecule has 0 aliphatic carbocycles. The van der Waals surface area contributed by atoms with Gasteiger partial charge in [-0.3, -0.25) is 0 Å². The van der Waals surface area contributed by atoms with Crippen LogP contribution in [-0.4, -0.2) is 0 Å². The quantitative estimate of drug-likeness (QED) is 0.562. The van der Waals surface area contributed by atoms with Crippen molar-refractivity contribution in [2.24, 2.45) is 5.92 Å². The van der Waals surface area contributed by atoms with Gasteiger partial charge in [-0.15, -0.1) is 0 Å². The predicted molar refractivity (Wildman–Crippen MR) is 50.9 cm³/mol. The Kier molecular flexibility index (Phi) is 5.72. The maximum Gasteiger partial charge on any atom is 0.181 e. The zero-order chi connectivity index (χ0) is 8.97. The van der Waals surface area contributed by atoms with Gasteiger partial charge in [-0.25, -0.2) is 4.57 Å². The summed E-state index contributed by atoms with van der Waals surface area (Å²) in [6.07, 6.45) is 3.28. The molecule has 0 radical (unpaired) electrons. The zero-order valence-corrected chi connectivity index (χ0v) is 9.38. The molecule has 0 fully saturated rings. The minimum absolute atomic E-state index is 0. The zero-order valence-electron chi connectivity index (χ0n) is 8.63. The van der Waals surface area contributed by atoms with E-state index in [-0.39, 0.29) is 12.4 Å². The van der Waals surface area contributed by atoms with Crippen LogP contribution in [0.1, 0.15) is 26.5 Å². The van der Waals surface area contributed by atoms with Gasteiger partial charge >= 0.3 is 0 Å². The lowest BCUT2D eigenvalue weighted by Crippen LogP contribution is -3.00. The van der Waals surface area contributed by atoms with Crippen LogP contribution in [0.2, 0.25) is 0 Å². The van der Waals surface area contributed by atoms with E-state index < -0.39 is 0 Å². The Labute approximate surface area is 87.2 Å². The smallest absolute Gasteiger partial charge is 0.181 e. The number of rotatable bonds is 3. The summed E-state index contributed by atoms with van der Waals surface area (Å²) in [5.74, 6) is 0.725. The van der Waals surface area contributed by atoms with Crippen molar-refractivity contribution in [3.8, 4) is 0 Å². The molecule has 0 atom stereocenters. The van der Waals surface area contributed by atoms with E-state index in [0.29, 0.717) is 0 Å². The number of halogens is 1. The minimum atomic E-state index is 0. The molecular weight excluding hydrogens is 182 g/mol. The number of hydrogen-bond acceptors (Lipinski definition) is 0. The molecule has 0 aromatic carbocycles. The van der Waals surface area contributed by atoms with E-state index in [9.17, 15) is 0 Å². The maximum atomic E-state index is 2.34. The fraction of sp³-hybridized carbons (Fsp3) is 0.545. The Hall–Kier alpha value is -0.560. The molecule has 0 unspecified atom stereocenters. The molecule has 0 amide bonds. The van der Waals surface area contributed by atoms with Gasteiger partial charge in [-0.2, -0.15) is 0 Å². The molecule has 1 rings (SSSR count). The van der Waals surface area contributed by atoms with Crippen molar-refractivity contribution in [2.45, 2.75) is 33.7 Å². The first-order valence-electron chi connectivity index (χ1n) is 4.71. The van der Waals surface area contributed by atoms with E-state index in [4.69, 9.17) is 0 Å². The number of aryl methyl sites for hydroxylation is 1. The second kappa shape index (κ2) is 5.98. The topological polar surface area (TPSA) is 3.88 Å². The highest BCUT2D eigenvalue weighted by molar-refractivity contribution is 4.96. The van der Waals surface area contributed by atoms with Crippen molar-refractivity contribution in [2.75, 3.05) is 0 Å². The number of nitrogens with zero attached hydrogens (tertiary/aromatic N) is 1. The molecule has 0 aliphatic rings. The predicted octanol–water partition coefficient (Wildman–Crippen LogP) is -0.803. The third kappa shape index (κ3) is 3.77. The highest BCUT2D eigenvalue weighted by Gasteiger charge is 2.08. The molecule has 13 heavy (non-hydrogen) atoms. The summed E-state index contributed by atoms with van der Waals surface area (Å²) >= 11 is 0. The van der Waals surface area contributed by atoms with Gasteiger partial charge in [-0.1, -0.05) is 26.8 Å². The molecule has 0 N–H and O–H groups in total. The third-order valence-corrected chi connectivity index (χ3v) is 1.96. The van der Waals surface area contributed by atoms with E-state index in [1.165, 1.54) is 5.69 Å². The van der Waals surface area contributed by atoms with Crippen LogP contribution in [0.25, 0.3) is 0 Å². The number of aromatic nitrogens is 1. The summed E-state index contributed by atoms with van der Waals surface area (Å²) in [6, 6.07) is 6.40. The summed E-state index contributed by atoms with van der Waals surface area (Å²) in [7, 11) is 0. The Morgan fingerprint density at radius 1 is 1.31 bits per heavy atom. The van der Waals surface area contributed by atoms with Crippen LogP contribution in [0.4, 0.5) is 0 Å². The first-order valence-corrected chi connectivity index (χ1v) is 4.71. The van der Waals surface area contributed by atoms with Crippen LogP contribution < -0.4 is 17.0 Å². The SMILES string of the molecule is CCc1cccc[n+]1CC(C)C.[Cl-]. The summed E-state index contributed by atoms with van der Waals surface area (Å²) in [5.41, 5.74) is 1.42. The van der Waals surface area contributed by atoms with Gasteiger partial charge in [-0.05, 0) is 0 Å². The van der Waals surface area contributed by atoms with E-state index in [1.54, 1.807) is 0 Å². The molecule has 74 valence electrons. The summed E-state index contributed by atoms with van der Waals surface area (Å²) in [4.78, 5) is 0. The lowest BCUT2D eigenvalue weighted by Gasteiger charge is -2.03. The summed E-state index contributed by atoms with van der Waals surface area (Å²) in [5, 5.41) is 0. The molecule has 1 aromatic rings. The normalized spacial score (nSPS) is 9.85. The van der Waals surface area contributed by atoms with Crippen LogP contribution in [0, 0.1) is 5.92 Å². The van der Waals surface area contributed by atoms with Crippen molar-refractivity contribution in [1.82, 2.24) is 0 Å². The third-order valence-electron chi connectivity index (χ3n) is 1.96. The lowest BCUT2D eigenvalue weighted by molar-refractivity contribution is -0.709. The Balaban J connectivity index is 0.00000144. The van der Waals surface area contributed by atoms with Crippen LogP contribution in [0.15, 0.2) is 24.4 Å². The highest BCUT2D eigenvalue weighted by atomic mass is 35.5. The standard InChI is InChI=1S/C11H18N.ClH/c1-4-11-7-5-6-8-12(11)9-10(2)3;/h5-8,10H,4,9H2,1-3H3;1H/q+1;/p-1. The lowest BCUT2D eigenvalue weighted by atomic mass is 10.2. The Morgan fingerprint density at radius 2 is 2.00 bits per heavy atom. The van der Waals surface area contributed by atoms with Crippen molar-refractivity contribution in [1.29, 1.82) is 0 Å². The molecule has 1 heterocycles. The first-order chi connectivity index (χ1) is 5.74. The molecule has 0 spiro atoms. The highest BCUT2D eigenvalue weighted by Crippen LogP contribution is 1.96. The fourth-order valence-corrected chi connectivity index (χ4v) is 1.40. The van der Waals surface area contributed by atoms with Crippen molar-refractivity contribution < 1.29 is 17.0 Å². The molecule has 0 bridgehead atoms. The van der Waals surface area contributed by atoms with Crippen LogP contribution >= 0.6 is 0 Å². The fourth-order valence-electron chi connectivity index (χ4n) is 1.40.